The number of carbonyl (C=O) groups is 1. The number of methoxy groups -OCH3 is 2. The topological polar surface area (TPSA) is 121 Å². The van der Waals surface area contributed by atoms with E-state index in [1.165, 1.54) is 19.2 Å². The summed E-state index contributed by atoms with van der Waals surface area (Å²) in [6.45, 7) is 0.215. The van der Waals surface area contributed by atoms with Crippen molar-refractivity contribution >= 4 is 15.7 Å². The molecule has 2 aromatic carbocycles. The minimum atomic E-state index is -3.54. The van der Waals surface area contributed by atoms with Crippen LogP contribution < -0.4 is 14.8 Å². The molecule has 0 saturated carbocycles. The molecule has 9 nitrogen and oxygen atoms in total. The van der Waals surface area contributed by atoms with Crippen molar-refractivity contribution in [2.24, 2.45) is 0 Å². The Morgan fingerprint density at radius 2 is 1.80 bits per heavy atom. The summed E-state index contributed by atoms with van der Waals surface area (Å²) in [5, 5.41) is 6.36. The fourth-order valence-corrected chi connectivity index (χ4v) is 3.91. The van der Waals surface area contributed by atoms with Crippen molar-refractivity contribution in [3.05, 3.63) is 65.8 Å². The standard InChI is InChI=1S/C20H21N3O6S/c1-27-15-7-9-16(10-8-15)30(25,26)12-11-18-22-20(29-23-18)19(24)21-13-14-5-3-4-6-17(14)28-2/h3-10H,11-13H2,1-2H3,(H,21,24). The van der Waals surface area contributed by atoms with Crippen LogP contribution in [0.3, 0.4) is 0 Å². The van der Waals surface area contributed by atoms with Crippen LogP contribution in [-0.2, 0) is 22.8 Å². The number of para-hydroxylation sites is 1. The summed E-state index contributed by atoms with van der Waals surface area (Å²) in [6.07, 6.45) is 0.0116. The SMILES string of the molecule is COc1ccc(S(=O)(=O)CCc2noc(C(=O)NCc3ccccc3OC)n2)cc1. The van der Waals surface area contributed by atoms with Gasteiger partial charge in [-0.3, -0.25) is 4.79 Å². The smallest absolute Gasteiger partial charge is 0.315 e. The number of carbonyl (C=O) groups excluding carboxylic acids is 1. The fourth-order valence-electron chi connectivity index (χ4n) is 2.67. The van der Waals surface area contributed by atoms with Crippen molar-refractivity contribution in [1.29, 1.82) is 0 Å². The van der Waals surface area contributed by atoms with Gasteiger partial charge in [-0.1, -0.05) is 23.4 Å². The Labute approximate surface area is 173 Å². The molecule has 1 N–H and O–H groups in total. The normalized spacial score (nSPS) is 11.1. The molecule has 0 radical (unpaired) electrons. The highest BCUT2D eigenvalue weighted by molar-refractivity contribution is 7.91. The Hall–Kier alpha value is -3.40. The van der Waals surface area contributed by atoms with Crippen molar-refractivity contribution < 1.29 is 27.2 Å². The molecule has 1 aromatic heterocycles. The number of aryl methyl sites for hydroxylation is 1. The van der Waals surface area contributed by atoms with Gasteiger partial charge in [0.05, 0.1) is 24.9 Å². The van der Waals surface area contributed by atoms with Crippen molar-refractivity contribution in [2.75, 3.05) is 20.0 Å². The van der Waals surface area contributed by atoms with Gasteiger partial charge in [0.15, 0.2) is 15.7 Å². The van der Waals surface area contributed by atoms with E-state index in [4.69, 9.17) is 14.0 Å². The number of nitrogens with one attached hydrogen (secondary N) is 1. The molecule has 0 unspecified atom stereocenters. The molecule has 0 spiro atoms. The maximum absolute atomic E-state index is 12.4. The molecule has 3 aromatic rings. The highest BCUT2D eigenvalue weighted by Gasteiger charge is 2.19. The summed E-state index contributed by atoms with van der Waals surface area (Å²) in [7, 11) is -0.490. The second kappa shape index (κ2) is 9.40. The quantitative estimate of drug-likeness (QED) is 0.546. The minimum absolute atomic E-state index is 0.0116. The zero-order valence-corrected chi connectivity index (χ0v) is 17.3. The van der Waals surface area contributed by atoms with Crippen LogP contribution in [-0.4, -0.2) is 44.4 Å². The first-order valence-corrected chi connectivity index (χ1v) is 10.7. The number of rotatable bonds is 9. The molecule has 0 aliphatic heterocycles. The predicted molar refractivity (Wildman–Crippen MR) is 107 cm³/mol. The molecule has 158 valence electrons. The van der Waals surface area contributed by atoms with Gasteiger partial charge in [0.2, 0.25) is 0 Å². The van der Waals surface area contributed by atoms with Crippen LogP contribution in [0.4, 0.5) is 0 Å². The lowest BCUT2D eigenvalue weighted by atomic mass is 10.2. The van der Waals surface area contributed by atoms with Gasteiger partial charge in [-0.05, 0) is 30.3 Å². The van der Waals surface area contributed by atoms with E-state index in [1.807, 2.05) is 18.2 Å². The summed E-state index contributed by atoms with van der Waals surface area (Å²) < 4.78 is 40.1. The zero-order chi connectivity index (χ0) is 21.6. The van der Waals surface area contributed by atoms with Crippen LogP contribution >= 0.6 is 0 Å². The van der Waals surface area contributed by atoms with E-state index in [9.17, 15) is 13.2 Å². The lowest BCUT2D eigenvalue weighted by Gasteiger charge is -2.07. The van der Waals surface area contributed by atoms with E-state index < -0.39 is 15.7 Å². The van der Waals surface area contributed by atoms with Crippen molar-refractivity contribution in [1.82, 2.24) is 15.5 Å². The minimum Gasteiger partial charge on any atom is -0.497 e. The first-order chi connectivity index (χ1) is 14.4. The third-order valence-corrected chi connectivity index (χ3v) is 6.04. The van der Waals surface area contributed by atoms with Gasteiger partial charge in [0, 0.05) is 18.5 Å². The second-order valence-electron chi connectivity index (χ2n) is 6.25. The Bertz CT molecular complexity index is 1110. The van der Waals surface area contributed by atoms with Gasteiger partial charge < -0.3 is 19.3 Å². The van der Waals surface area contributed by atoms with E-state index in [-0.39, 0.29) is 35.3 Å². The molecule has 3 rings (SSSR count). The number of nitrogens with zero attached hydrogens (tertiary/aromatic N) is 2. The molecular formula is C20H21N3O6S. The molecule has 1 amide bonds. The fraction of sp³-hybridized carbons (Fsp3) is 0.250. The van der Waals surface area contributed by atoms with Crippen molar-refractivity contribution in [3.63, 3.8) is 0 Å². The number of benzene rings is 2. The summed E-state index contributed by atoms with van der Waals surface area (Å²) in [4.78, 5) is 16.4. The highest BCUT2D eigenvalue weighted by Crippen LogP contribution is 2.18. The van der Waals surface area contributed by atoms with E-state index >= 15 is 0 Å². The molecule has 0 atom stereocenters. The van der Waals surface area contributed by atoms with E-state index in [1.54, 1.807) is 25.3 Å². The van der Waals surface area contributed by atoms with E-state index in [0.29, 0.717) is 11.5 Å². The lowest BCUT2D eigenvalue weighted by Crippen LogP contribution is -2.23. The van der Waals surface area contributed by atoms with Crippen LogP contribution in [0.2, 0.25) is 0 Å². The lowest BCUT2D eigenvalue weighted by molar-refractivity contribution is 0.0906. The van der Waals surface area contributed by atoms with E-state index in [2.05, 4.69) is 15.5 Å². The number of sulfone groups is 1. The highest BCUT2D eigenvalue weighted by atomic mass is 32.2. The predicted octanol–water partition coefficient (Wildman–Crippen LogP) is 2.03. The molecule has 0 bridgehead atoms. The van der Waals surface area contributed by atoms with Gasteiger partial charge in [0.1, 0.15) is 11.5 Å². The van der Waals surface area contributed by atoms with Crippen molar-refractivity contribution in [3.8, 4) is 11.5 Å². The van der Waals surface area contributed by atoms with Crippen molar-refractivity contribution in [2.45, 2.75) is 17.9 Å². The maximum Gasteiger partial charge on any atom is 0.315 e. The Kier molecular flexibility index (Phi) is 6.68. The van der Waals surface area contributed by atoms with Gasteiger partial charge in [-0.25, -0.2) is 8.42 Å². The average Bonchev–Trinajstić information content (AvgIpc) is 3.25. The van der Waals surface area contributed by atoms with Gasteiger partial charge in [-0.2, -0.15) is 4.98 Å². The zero-order valence-electron chi connectivity index (χ0n) is 16.5. The largest absolute Gasteiger partial charge is 0.497 e. The number of hydrogen-bond acceptors (Lipinski definition) is 8. The first-order valence-electron chi connectivity index (χ1n) is 9.02. The summed E-state index contributed by atoms with van der Waals surface area (Å²) in [5.41, 5.74) is 0.790. The third kappa shape index (κ3) is 5.15. The van der Waals surface area contributed by atoms with E-state index in [0.717, 1.165) is 5.56 Å². The van der Waals surface area contributed by atoms with Crippen LogP contribution in [0, 0.1) is 0 Å². The third-order valence-electron chi connectivity index (χ3n) is 4.31. The van der Waals surface area contributed by atoms with Gasteiger partial charge in [-0.15, -0.1) is 0 Å². The Morgan fingerprint density at radius 1 is 1.07 bits per heavy atom. The number of amides is 1. The van der Waals surface area contributed by atoms with Gasteiger partial charge >= 0.3 is 11.8 Å². The molecule has 0 saturated heterocycles. The molecule has 10 heteroatoms. The average molecular weight is 431 g/mol. The summed E-state index contributed by atoms with van der Waals surface area (Å²) in [6, 6.07) is 13.4. The molecular weight excluding hydrogens is 410 g/mol. The van der Waals surface area contributed by atoms with Crippen LogP contribution in [0.5, 0.6) is 11.5 Å². The number of ether oxygens (including phenoxy) is 2. The number of aromatic nitrogens is 2. The summed E-state index contributed by atoms with van der Waals surface area (Å²) >= 11 is 0. The molecule has 1 heterocycles. The Balaban J connectivity index is 1.58. The monoisotopic (exact) mass is 431 g/mol. The van der Waals surface area contributed by atoms with Crippen LogP contribution in [0.15, 0.2) is 57.9 Å². The molecule has 0 fully saturated rings. The second-order valence-corrected chi connectivity index (χ2v) is 8.36. The number of hydrogen-bond donors (Lipinski definition) is 1. The molecule has 0 aliphatic rings. The van der Waals surface area contributed by atoms with Crippen LogP contribution in [0.25, 0.3) is 0 Å². The maximum atomic E-state index is 12.4. The molecule has 0 aliphatic carbocycles. The van der Waals surface area contributed by atoms with Crippen LogP contribution in [0.1, 0.15) is 22.1 Å². The first kappa shape index (κ1) is 21.3. The Morgan fingerprint density at radius 3 is 2.50 bits per heavy atom. The summed E-state index contributed by atoms with van der Waals surface area (Å²) in [5.74, 6) is 0.332. The van der Waals surface area contributed by atoms with Gasteiger partial charge in [0.25, 0.3) is 0 Å². The molecule has 30 heavy (non-hydrogen) atoms.